The Morgan fingerprint density at radius 3 is 1.97 bits per heavy atom. The summed E-state index contributed by atoms with van der Waals surface area (Å²) < 4.78 is 26.9. The first kappa shape index (κ1) is 38.5. The lowest BCUT2D eigenvalue weighted by Crippen LogP contribution is -2.40. The zero-order valence-electron chi connectivity index (χ0n) is 20.5. The summed E-state index contributed by atoms with van der Waals surface area (Å²) in [6.45, 7) is 8.68. The van der Waals surface area contributed by atoms with E-state index in [1.165, 1.54) is 21.1 Å². The molecule has 0 saturated carbocycles. The van der Waals surface area contributed by atoms with Crippen LogP contribution < -0.4 is 15.2 Å². The molecule has 0 aliphatic rings. The first-order valence-electron chi connectivity index (χ1n) is 9.85. The van der Waals surface area contributed by atoms with Crippen LogP contribution in [0.25, 0.3) is 0 Å². The summed E-state index contributed by atoms with van der Waals surface area (Å²) in [5, 5.41) is 7.68. The molecule has 14 nitrogen and oxygen atoms in total. The fraction of sp³-hybridized carbons (Fsp3) is 0.737. The van der Waals surface area contributed by atoms with Crippen LogP contribution in [0.1, 0.15) is 54.9 Å². The molecule has 202 valence electrons. The van der Waals surface area contributed by atoms with Gasteiger partial charge in [-0.05, 0) is 27.8 Å². The number of carbonyl (C=O) groups excluding carboxylic acids is 5. The number of amides is 3. The van der Waals surface area contributed by atoms with Gasteiger partial charge in [-0.3, -0.25) is 9.59 Å². The van der Waals surface area contributed by atoms with Crippen molar-refractivity contribution in [3.05, 3.63) is 0 Å². The van der Waals surface area contributed by atoms with E-state index < -0.39 is 39.7 Å². The molecule has 3 amide bonds. The number of hydrogen-bond donors (Lipinski definition) is 3. The third-order valence-electron chi connectivity index (χ3n) is 2.73. The molecule has 0 heterocycles. The molecule has 0 saturated heterocycles. The van der Waals surface area contributed by atoms with Crippen LogP contribution in [-0.2, 0) is 39.0 Å². The summed E-state index contributed by atoms with van der Waals surface area (Å²) in [4.78, 5) is 61.0. The Hall–Kier alpha value is -2.78. The summed E-state index contributed by atoms with van der Waals surface area (Å²) in [6, 6.07) is 0. The highest BCUT2D eigenvalue weighted by Crippen LogP contribution is 2.09. The molecule has 0 unspecified atom stereocenters. The van der Waals surface area contributed by atoms with Crippen LogP contribution in [0.3, 0.4) is 0 Å². The second kappa shape index (κ2) is 19.7. The largest absolute Gasteiger partial charge is 0.444 e. The maximum Gasteiger partial charge on any atom is 0.410 e. The number of carbonyl (C=O) groups is 5. The van der Waals surface area contributed by atoms with E-state index >= 15 is 0 Å². The second-order valence-corrected chi connectivity index (χ2v) is 8.29. The molecule has 0 aromatic carbocycles. The van der Waals surface area contributed by atoms with Gasteiger partial charge in [-0.25, -0.2) is 19.5 Å². The predicted octanol–water partition coefficient (Wildman–Crippen LogP) is -0.0632. The molecule has 0 aliphatic carbocycles. The lowest BCUT2D eigenvalue weighted by molar-refractivity contribution is -0.193. The van der Waals surface area contributed by atoms with Gasteiger partial charge in [0.25, 0.3) is 16.1 Å². The molecule has 0 spiro atoms. The summed E-state index contributed by atoms with van der Waals surface area (Å²) in [5.74, 6) is -1.97. The van der Waals surface area contributed by atoms with Gasteiger partial charge >= 0.3 is 12.1 Å². The Morgan fingerprint density at radius 2 is 1.59 bits per heavy atom. The summed E-state index contributed by atoms with van der Waals surface area (Å²) in [5.41, 5.74) is -0.670. The first-order valence-corrected chi connectivity index (χ1v) is 11.4. The van der Waals surface area contributed by atoms with Crippen LogP contribution >= 0.6 is 0 Å². The van der Waals surface area contributed by atoms with Crippen LogP contribution in [0.4, 0.5) is 4.79 Å². The lowest BCUT2D eigenvalue weighted by Gasteiger charge is -2.24. The zero-order valence-corrected chi connectivity index (χ0v) is 21.3. The van der Waals surface area contributed by atoms with E-state index in [0.717, 1.165) is 9.96 Å². The van der Waals surface area contributed by atoms with Crippen molar-refractivity contribution in [3.63, 3.8) is 0 Å². The molecule has 0 atom stereocenters. The molecule has 15 heteroatoms. The van der Waals surface area contributed by atoms with Crippen molar-refractivity contribution in [1.29, 1.82) is 0 Å². The maximum atomic E-state index is 11.6. The van der Waals surface area contributed by atoms with Crippen molar-refractivity contribution in [3.8, 4) is 0 Å². The van der Waals surface area contributed by atoms with Crippen LogP contribution in [-0.4, -0.2) is 88.4 Å². The summed E-state index contributed by atoms with van der Waals surface area (Å²) in [7, 11) is 0.272. The third kappa shape index (κ3) is 25.5. The second-order valence-electron chi connectivity index (χ2n) is 7.00. The Morgan fingerprint density at radius 1 is 1.09 bits per heavy atom. The molecule has 34 heavy (non-hydrogen) atoms. The smallest absolute Gasteiger partial charge is 0.410 e. The Labute approximate surface area is 202 Å². The van der Waals surface area contributed by atoms with Gasteiger partial charge in [0.2, 0.25) is 5.91 Å². The monoisotopic (exact) mass is 515 g/mol. The highest BCUT2D eigenvalue weighted by atomic mass is 32.2. The number of nitrogens with one attached hydrogen (secondary N) is 2. The highest BCUT2D eigenvalue weighted by Gasteiger charge is 2.23. The molecule has 0 fully saturated rings. The Kier molecular flexibility index (Phi) is 22.3. The SMILES string of the molecule is C.CC.CN(CC(=O)ON(C)C(=O)CCC=O)C(=O)OC(C)(C)C.CNCC(=O)NS(N)(=O)=O. The lowest BCUT2D eigenvalue weighted by atomic mass is 10.2. The van der Waals surface area contributed by atoms with Gasteiger partial charge in [0.15, 0.2) is 0 Å². The standard InChI is InChI=1S/C13H22N2O6.C3H9N3O3S.C2H6.CH4/c1-13(2,3)20-12(19)14(4)9-11(18)21-15(5)10(17)7-6-8-16;1-5-2-3(7)6-10(4,8)9;1-2;/h8H,6-7,9H2,1-5H3;5H,2H2,1H3,(H,6,7)(H2,4,8,9);1-2H3;1H4. The van der Waals surface area contributed by atoms with E-state index in [1.54, 1.807) is 25.5 Å². The number of rotatable bonds is 8. The fourth-order valence-electron chi connectivity index (χ4n) is 1.53. The summed E-state index contributed by atoms with van der Waals surface area (Å²) in [6.07, 6.45) is -0.0632. The minimum Gasteiger partial charge on any atom is -0.444 e. The molecular formula is C19H41N5O9S. The van der Waals surface area contributed by atoms with Gasteiger partial charge in [0.1, 0.15) is 18.4 Å². The predicted molar refractivity (Wildman–Crippen MR) is 126 cm³/mol. The molecule has 0 aromatic heterocycles. The van der Waals surface area contributed by atoms with Crippen molar-refractivity contribution in [2.45, 2.75) is 60.5 Å². The first-order chi connectivity index (χ1) is 15.0. The van der Waals surface area contributed by atoms with Gasteiger partial charge in [-0.15, -0.1) is 0 Å². The minimum atomic E-state index is -3.89. The summed E-state index contributed by atoms with van der Waals surface area (Å²) >= 11 is 0. The molecule has 4 N–H and O–H groups in total. The van der Waals surface area contributed by atoms with Gasteiger partial charge in [-0.1, -0.05) is 21.3 Å². The van der Waals surface area contributed by atoms with Crippen molar-refractivity contribution >= 4 is 40.4 Å². The average molecular weight is 516 g/mol. The Balaban J connectivity index is -0.000000292. The van der Waals surface area contributed by atoms with E-state index in [-0.39, 0.29) is 33.4 Å². The molecular weight excluding hydrogens is 474 g/mol. The molecule has 0 aliphatic heterocycles. The van der Waals surface area contributed by atoms with Crippen molar-refractivity contribution in [2.75, 3.05) is 34.2 Å². The number of hydroxylamine groups is 2. The Bertz CT molecular complexity index is 737. The van der Waals surface area contributed by atoms with Crippen LogP contribution in [0.2, 0.25) is 0 Å². The quantitative estimate of drug-likeness (QED) is 0.291. The van der Waals surface area contributed by atoms with E-state index in [9.17, 15) is 32.4 Å². The normalized spacial score (nSPS) is 9.91. The van der Waals surface area contributed by atoms with Gasteiger partial charge < -0.3 is 24.6 Å². The van der Waals surface area contributed by atoms with E-state index in [0.29, 0.717) is 6.29 Å². The van der Waals surface area contributed by atoms with E-state index in [1.807, 2.05) is 13.8 Å². The minimum absolute atomic E-state index is 0. The molecule has 0 bridgehead atoms. The number of likely N-dealkylation sites (N-methyl/N-ethyl adjacent to an activating group) is 2. The maximum absolute atomic E-state index is 11.6. The van der Waals surface area contributed by atoms with Crippen molar-refractivity contribution < 1.29 is 42.0 Å². The van der Waals surface area contributed by atoms with E-state index in [2.05, 4.69) is 10.5 Å². The van der Waals surface area contributed by atoms with Gasteiger partial charge in [0.05, 0.1) is 6.54 Å². The highest BCUT2D eigenvalue weighted by molar-refractivity contribution is 7.87. The molecule has 0 aromatic rings. The van der Waals surface area contributed by atoms with E-state index in [4.69, 9.17) is 9.57 Å². The number of nitrogens with two attached hydrogens (primary N) is 1. The van der Waals surface area contributed by atoms with Gasteiger partial charge in [-0.2, -0.15) is 13.5 Å². The zero-order chi connectivity index (χ0) is 26.8. The third-order valence-corrected chi connectivity index (χ3v) is 3.24. The van der Waals surface area contributed by atoms with Crippen molar-refractivity contribution in [2.24, 2.45) is 5.14 Å². The van der Waals surface area contributed by atoms with Crippen LogP contribution in [0.5, 0.6) is 0 Å². The number of ether oxygens (including phenoxy) is 1. The van der Waals surface area contributed by atoms with Crippen molar-refractivity contribution in [1.82, 2.24) is 20.0 Å². The number of hydrogen-bond acceptors (Lipinski definition) is 10. The average Bonchev–Trinajstić information content (AvgIpc) is 2.65. The molecule has 0 rings (SSSR count). The number of aldehydes is 1. The fourth-order valence-corrected chi connectivity index (χ4v) is 1.92. The topological polar surface area (TPSA) is 195 Å². The van der Waals surface area contributed by atoms with Gasteiger partial charge in [0, 0.05) is 26.9 Å². The number of nitrogens with zero attached hydrogens (tertiary/aromatic N) is 2. The van der Waals surface area contributed by atoms with Crippen LogP contribution in [0.15, 0.2) is 0 Å². The molecule has 0 radical (unpaired) electrons. The van der Waals surface area contributed by atoms with Crippen LogP contribution in [0, 0.1) is 0 Å².